The van der Waals surface area contributed by atoms with E-state index in [2.05, 4.69) is 20.6 Å². The van der Waals surface area contributed by atoms with Crippen LogP contribution in [0.15, 0.2) is 29.9 Å². The predicted molar refractivity (Wildman–Crippen MR) is 137 cm³/mol. The topological polar surface area (TPSA) is 142 Å². The Morgan fingerprint density at radius 2 is 1.76 bits per heavy atom. The summed E-state index contributed by atoms with van der Waals surface area (Å²) < 4.78 is 0. The van der Waals surface area contributed by atoms with E-state index in [1.807, 2.05) is 34.6 Å². The highest BCUT2D eigenvalue weighted by atomic mass is 16.4. The molecule has 0 spiro atoms. The van der Waals surface area contributed by atoms with Crippen molar-refractivity contribution in [3.05, 3.63) is 35.6 Å². The van der Waals surface area contributed by atoms with Gasteiger partial charge in [0.1, 0.15) is 23.5 Å². The minimum absolute atomic E-state index is 0.0775. The molecule has 37 heavy (non-hydrogen) atoms. The van der Waals surface area contributed by atoms with Crippen LogP contribution >= 0.6 is 0 Å². The van der Waals surface area contributed by atoms with Gasteiger partial charge in [-0.2, -0.15) is 0 Å². The quantitative estimate of drug-likeness (QED) is 0.476. The second-order valence-electron chi connectivity index (χ2n) is 11.4. The summed E-state index contributed by atoms with van der Waals surface area (Å²) in [6, 6.07) is -1.93. The number of aliphatic carboxylic acids is 1. The third-order valence-electron chi connectivity index (χ3n) is 7.30. The first-order chi connectivity index (χ1) is 17.4. The number of aromatic nitrogens is 2. The number of allylic oxidation sites excluding steroid dienone is 1. The van der Waals surface area contributed by atoms with Crippen LogP contribution in [-0.4, -0.2) is 62.3 Å². The van der Waals surface area contributed by atoms with Crippen molar-refractivity contribution in [2.45, 2.75) is 85.2 Å². The molecule has 0 bridgehead atoms. The molecule has 0 unspecified atom stereocenters. The van der Waals surface area contributed by atoms with Crippen LogP contribution in [0.3, 0.4) is 0 Å². The lowest BCUT2D eigenvalue weighted by molar-refractivity contribution is -0.152. The summed E-state index contributed by atoms with van der Waals surface area (Å²) in [5, 5.41) is 15.5. The summed E-state index contributed by atoms with van der Waals surface area (Å²) in [7, 11) is 0. The summed E-state index contributed by atoms with van der Waals surface area (Å²) in [4.78, 5) is 61.8. The summed E-state index contributed by atoms with van der Waals surface area (Å²) >= 11 is 0. The van der Waals surface area contributed by atoms with Crippen molar-refractivity contribution in [2.24, 2.45) is 17.3 Å². The average Bonchev–Trinajstić information content (AvgIpc) is 3.32. The van der Waals surface area contributed by atoms with E-state index < -0.39 is 41.2 Å². The largest absolute Gasteiger partial charge is 0.480 e. The van der Waals surface area contributed by atoms with E-state index in [-0.39, 0.29) is 23.2 Å². The SMILES string of the molecule is CC(C)[C@H]1CCN(C(=O)[C@@H](NC(=O)C(NC(=O)c2cnccn2)=C2CCCCC2)C(C)(C)C)[C@@H]1C(=O)O. The fraction of sp³-hybridized carbons (Fsp3) is 0.630. The summed E-state index contributed by atoms with van der Waals surface area (Å²) in [5.41, 5.74) is 0.330. The van der Waals surface area contributed by atoms with Crippen molar-refractivity contribution < 1.29 is 24.3 Å². The second-order valence-corrected chi connectivity index (χ2v) is 11.4. The van der Waals surface area contributed by atoms with Gasteiger partial charge in [0.15, 0.2) is 0 Å². The number of amides is 3. The van der Waals surface area contributed by atoms with Gasteiger partial charge in [0, 0.05) is 18.9 Å². The van der Waals surface area contributed by atoms with Gasteiger partial charge in [0.05, 0.1) is 6.20 Å². The molecule has 3 amide bonds. The van der Waals surface area contributed by atoms with Crippen molar-refractivity contribution in [3.8, 4) is 0 Å². The molecular weight excluding hydrogens is 474 g/mol. The Kier molecular flexibility index (Phi) is 9.04. The lowest BCUT2D eigenvalue weighted by Crippen LogP contribution is -2.58. The Labute approximate surface area is 218 Å². The highest BCUT2D eigenvalue weighted by molar-refractivity contribution is 6.04. The van der Waals surface area contributed by atoms with Crippen LogP contribution in [0, 0.1) is 17.3 Å². The molecule has 1 aromatic rings. The molecule has 10 heteroatoms. The van der Waals surface area contributed by atoms with Crippen molar-refractivity contribution >= 4 is 23.7 Å². The number of likely N-dealkylation sites (tertiary alicyclic amines) is 1. The van der Waals surface area contributed by atoms with Gasteiger partial charge in [0.25, 0.3) is 11.8 Å². The van der Waals surface area contributed by atoms with E-state index in [9.17, 15) is 24.3 Å². The monoisotopic (exact) mass is 513 g/mol. The van der Waals surface area contributed by atoms with Gasteiger partial charge in [-0.05, 0) is 54.9 Å². The van der Waals surface area contributed by atoms with Crippen molar-refractivity contribution in [2.75, 3.05) is 6.54 Å². The fourth-order valence-corrected chi connectivity index (χ4v) is 5.22. The molecule has 0 aromatic carbocycles. The Bertz CT molecular complexity index is 1040. The van der Waals surface area contributed by atoms with E-state index >= 15 is 0 Å². The zero-order chi connectivity index (χ0) is 27.3. The van der Waals surface area contributed by atoms with Gasteiger partial charge in [0.2, 0.25) is 5.91 Å². The number of carbonyl (C=O) groups is 4. The Hall–Kier alpha value is -3.30. The smallest absolute Gasteiger partial charge is 0.326 e. The molecule has 1 aliphatic carbocycles. The van der Waals surface area contributed by atoms with Crippen LogP contribution in [0.5, 0.6) is 0 Å². The first-order valence-corrected chi connectivity index (χ1v) is 13.0. The maximum absolute atomic E-state index is 13.8. The number of rotatable bonds is 7. The van der Waals surface area contributed by atoms with Crippen molar-refractivity contribution in [3.63, 3.8) is 0 Å². The summed E-state index contributed by atoms with van der Waals surface area (Å²) in [5.74, 6) is -2.65. The minimum Gasteiger partial charge on any atom is -0.480 e. The molecule has 2 fully saturated rings. The third kappa shape index (κ3) is 6.72. The number of carbonyl (C=O) groups excluding carboxylic acids is 3. The fourth-order valence-electron chi connectivity index (χ4n) is 5.22. The Morgan fingerprint density at radius 1 is 1.08 bits per heavy atom. The molecule has 3 rings (SSSR count). The standard InChI is InChI=1S/C27H39N5O5/c1-16(2)18-11-14-32(21(18)26(36)37)25(35)22(27(3,4)5)31-24(34)20(17-9-7-6-8-10-17)30-23(33)19-15-28-12-13-29-19/h12-13,15-16,18,21-22H,6-11,14H2,1-5H3,(H,30,33)(H,31,34)(H,36,37)/t18-,21+,22-/m1/s1. The number of carboxylic acids is 1. The maximum Gasteiger partial charge on any atom is 0.326 e. The minimum atomic E-state index is -1.04. The lowest BCUT2D eigenvalue weighted by atomic mass is 9.84. The lowest BCUT2D eigenvalue weighted by Gasteiger charge is -2.36. The molecule has 1 saturated carbocycles. The highest BCUT2D eigenvalue weighted by Gasteiger charge is 2.47. The number of nitrogens with one attached hydrogen (secondary N) is 2. The van der Waals surface area contributed by atoms with Crippen LogP contribution < -0.4 is 10.6 Å². The van der Waals surface area contributed by atoms with Gasteiger partial charge >= 0.3 is 5.97 Å². The van der Waals surface area contributed by atoms with Gasteiger partial charge in [-0.15, -0.1) is 0 Å². The van der Waals surface area contributed by atoms with E-state index in [1.54, 1.807) is 0 Å². The average molecular weight is 514 g/mol. The molecule has 1 saturated heterocycles. The normalized spacial score (nSPS) is 20.9. The zero-order valence-electron chi connectivity index (χ0n) is 22.4. The second kappa shape index (κ2) is 11.8. The molecule has 1 aromatic heterocycles. The first-order valence-electron chi connectivity index (χ1n) is 13.0. The Morgan fingerprint density at radius 3 is 2.30 bits per heavy atom. The summed E-state index contributed by atoms with van der Waals surface area (Å²) in [6.45, 7) is 9.71. The molecule has 2 aliphatic rings. The molecule has 1 aliphatic heterocycles. The van der Waals surface area contributed by atoms with Gasteiger partial charge < -0.3 is 20.6 Å². The third-order valence-corrected chi connectivity index (χ3v) is 7.30. The van der Waals surface area contributed by atoms with Crippen molar-refractivity contribution in [1.29, 1.82) is 0 Å². The highest BCUT2D eigenvalue weighted by Crippen LogP contribution is 2.33. The van der Waals surface area contributed by atoms with E-state index in [0.717, 1.165) is 24.8 Å². The van der Waals surface area contributed by atoms with E-state index in [1.165, 1.54) is 23.5 Å². The molecule has 2 heterocycles. The van der Waals surface area contributed by atoms with E-state index in [4.69, 9.17) is 0 Å². The van der Waals surface area contributed by atoms with Crippen LogP contribution in [0.2, 0.25) is 0 Å². The number of hydrogen-bond donors (Lipinski definition) is 3. The number of carboxylic acid groups (broad SMARTS) is 1. The predicted octanol–water partition coefficient (Wildman–Crippen LogP) is 2.91. The molecule has 10 nitrogen and oxygen atoms in total. The maximum atomic E-state index is 13.8. The molecule has 3 atom stereocenters. The van der Waals surface area contributed by atoms with Gasteiger partial charge in [-0.1, -0.05) is 41.0 Å². The van der Waals surface area contributed by atoms with Gasteiger partial charge in [-0.25, -0.2) is 9.78 Å². The molecule has 202 valence electrons. The van der Waals surface area contributed by atoms with Crippen LogP contribution in [0.4, 0.5) is 0 Å². The Balaban J connectivity index is 1.89. The number of nitrogens with zero attached hydrogens (tertiary/aromatic N) is 3. The van der Waals surface area contributed by atoms with Gasteiger partial charge in [-0.3, -0.25) is 19.4 Å². The first kappa shape index (κ1) is 28.3. The van der Waals surface area contributed by atoms with Crippen molar-refractivity contribution in [1.82, 2.24) is 25.5 Å². The molecule has 3 N–H and O–H groups in total. The number of hydrogen-bond acceptors (Lipinski definition) is 6. The van der Waals surface area contributed by atoms with Crippen LogP contribution in [-0.2, 0) is 14.4 Å². The zero-order valence-corrected chi connectivity index (χ0v) is 22.4. The van der Waals surface area contributed by atoms with Crippen LogP contribution in [0.25, 0.3) is 0 Å². The molecule has 0 radical (unpaired) electrons. The molecular formula is C27H39N5O5. The van der Waals surface area contributed by atoms with E-state index in [0.29, 0.717) is 25.8 Å². The van der Waals surface area contributed by atoms with Crippen LogP contribution in [0.1, 0.15) is 83.6 Å². The summed E-state index contributed by atoms with van der Waals surface area (Å²) in [6.07, 6.45) is 8.95.